The standard InChI is InChI=1S/C15H20N6OS/c1-9(2)15(5,8-16)18-12(22)7-23-14-20-19-13-17-10(3)6-11(4)21(13)14/h6,9H,7H2,1-5H3,(H,18,22)/t15-/m1/s1. The molecule has 0 saturated carbocycles. The topological polar surface area (TPSA) is 96.0 Å². The number of fused-ring (bicyclic) bond motifs is 1. The Balaban J connectivity index is 2.10. The Morgan fingerprint density at radius 3 is 2.78 bits per heavy atom. The number of thioether (sulfide) groups is 1. The van der Waals surface area contributed by atoms with Crippen molar-refractivity contribution in [2.45, 2.75) is 45.3 Å². The molecule has 0 fully saturated rings. The van der Waals surface area contributed by atoms with Crippen molar-refractivity contribution in [2.24, 2.45) is 5.92 Å². The molecule has 8 heteroatoms. The van der Waals surface area contributed by atoms with Crippen molar-refractivity contribution in [3.8, 4) is 6.07 Å². The van der Waals surface area contributed by atoms with E-state index in [9.17, 15) is 10.1 Å². The summed E-state index contributed by atoms with van der Waals surface area (Å²) < 4.78 is 1.82. The molecule has 2 heterocycles. The number of carbonyl (C=O) groups excluding carboxylic acids is 1. The lowest BCUT2D eigenvalue weighted by Crippen LogP contribution is -2.49. The smallest absolute Gasteiger partial charge is 0.256 e. The molecule has 23 heavy (non-hydrogen) atoms. The van der Waals surface area contributed by atoms with Gasteiger partial charge in [-0.15, -0.1) is 10.2 Å². The fraction of sp³-hybridized carbons (Fsp3) is 0.533. The fourth-order valence-corrected chi connectivity index (χ4v) is 2.84. The first-order chi connectivity index (χ1) is 10.8. The van der Waals surface area contributed by atoms with Gasteiger partial charge >= 0.3 is 0 Å². The SMILES string of the molecule is Cc1cc(C)n2c(SCC(=O)N[C@](C)(C#N)C(C)C)nnc2n1. The van der Waals surface area contributed by atoms with Crippen molar-refractivity contribution in [1.82, 2.24) is 24.9 Å². The van der Waals surface area contributed by atoms with E-state index in [0.29, 0.717) is 10.9 Å². The maximum absolute atomic E-state index is 12.1. The number of nitriles is 1. The predicted molar refractivity (Wildman–Crippen MR) is 88.0 cm³/mol. The molecule has 122 valence electrons. The summed E-state index contributed by atoms with van der Waals surface area (Å²) in [6.07, 6.45) is 0. The summed E-state index contributed by atoms with van der Waals surface area (Å²) in [5, 5.41) is 20.8. The second kappa shape index (κ2) is 6.54. The molecule has 0 bridgehead atoms. The van der Waals surface area contributed by atoms with Crippen molar-refractivity contribution in [2.75, 3.05) is 5.75 Å². The zero-order valence-corrected chi connectivity index (χ0v) is 14.7. The van der Waals surface area contributed by atoms with E-state index >= 15 is 0 Å². The van der Waals surface area contributed by atoms with Gasteiger partial charge in [-0.3, -0.25) is 9.20 Å². The summed E-state index contributed by atoms with van der Waals surface area (Å²) in [5.41, 5.74) is 0.960. The second-order valence-electron chi connectivity index (χ2n) is 5.96. The molecule has 1 atom stereocenters. The van der Waals surface area contributed by atoms with Crippen LogP contribution in [0.4, 0.5) is 0 Å². The first kappa shape index (κ1) is 17.2. The molecule has 2 aromatic rings. The van der Waals surface area contributed by atoms with E-state index in [0.717, 1.165) is 11.4 Å². The van der Waals surface area contributed by atoms with E-state index in [1.165, 1.54) is 11.8 Å². The van der Waals surface area contributed by atoms with Crippen LogP contribution in [0.3, 0.4) is 0 Å². The monoisotopic (exact) mass is 332 g/mol. The van der Waals surface area contributed by atoms with E-state index in [-0.39, 0.29) is 17.6 Å². The summed E-state index contributed by atoms with van der Waals surface area (Å²) in [6.45, 7) is 9.38. The van der Waals surface area contributed by atoms with E-state index in [2.05, 4.69) is 26.6 Å². The van der Waals surface area contributed by atoms with Crippen molar-refractivity contribution < 1.29 is 4.79 Å². The van der Waals surface area contributed by atoms with Gasteiger partial charge in [0.15, 0.2) is 5.16 Å². The summed E-state index contributed by atoms with van der Waals surface area (Å²) in [6, 6.07) is 4.10. The minimum atomic E-state index is -0.876. The molecular weight excluding hydrogens is 312 g/mol. The number of amides is 1. The van der Waals surface area contributed by atoms with Gasteiger partial charge in [-0.2, -0.15) is 5.26 Å². The highest BCUT2D eigenvalue weighted by atomic mass is 32.2. The van der Waals surface area contributed by atoms with Crippen LogP contribution in [-0.2, 0) is 4.79 Å². The molecule has 1 amide bonds. The zero-order chi connectivity index (χ0) is 17.2. The number of aryl methyl sites for hydroxylation is 2. The molecule has 0 saturated heterocycles. The summed E-state index contributed by atoms with van der Waals surface area (Å²) in [7, 11) is 0. The minimum Gasteiger partial charge on any atom is -0.337 e. The van der Waals surface area contributed by atoms with Gasteiger partial charge < -0.3 is 5.32 Å². The summed E-state index contributed by atoms with van der Waals surface area (Å²) >= 11 is 1.28. The van der Waals surface area contributed by atoms with Crippen LogP contribution >= 0.6 is 11.8 Å². The largest absolute Gasteiger partial charge is 0.337 e. The Morgan fingerprint density at radius 1 is 1.48 bits per heavy atom. The summed E-state index contributed by atoms with van der Waals surface area (Å²) in [5.74, 6) is 0.499. The number of nitrogens with zero attached hydrogens (tertiary/aromatic N) is 5. The molecule has 0 unspecified atom stereocenters. The number of aromatic nitrogens is 4. The maximum atomic E-state index is 12.1. The molecule has 0 spiro atoms. The number of carbonyl (C=O) groups is 1. The van der Waals surface area contributed by atoms with Gasteiger partial charge in [0.25, 0.3) is 5.78 Å². The van der Waals surface area contributed by atoms with Crippen molar-refractivity contribution in [3.63, 3.8) is 0 Å². The molecule has 7 nitrogen and oxygen atoms in total. The lowest BCUT2D eigenvalue weighted by Gasteiger charge is -2.27. The van der Waals surface area contributed by atoms with Crippen molar-refractivity contribution in [3.05, 3.63) is 17.5 Å². The van der Waals surface area contributed by atoms with E-state index in [1.807, 2.05) is 38.2 Å². The van der Waals surface area contributed by atoms with Crippen molar-refractivity contribution >= 4 is 23.4 Å². The predicted octanol–water partition coefficient (Wildman–Crippen LogP) is 1.89. The van der Waals surface area contributed by atoms with Crippen LogP contribution in [0, 0.1) is 31.1 Å². The fourth-order valence-electron chi connectivity index (χ4n) is 2.05. The molecule has 0 aliphatic rings. The molecule has 0 aromatic carbocycles. The molecular formula is C15H20N6OS. The number of hydrogen-bond donors (Lipinski definition) is 1. The van der Waals surface area contributed by atoms with Gasteiger partial charge in [0.05, 0.1) is 11.8 Å². The summed E-state index contributed by atoms with van der Waals surface area (Å²) in [4.78, 5) is 16.4. The number of rotatable bonds is 5. The van der Waals surface area contributed by atoms with E-state index < -0.39 is 5.54 Å². The highest BCUT2D eigenvalue weighted by molar-refractivity contribution is 7.99. The second-order valence-corrected chi connectivity index (χ2v) is 6.91. The van der Waals surface area contributed by atoms with Crippen LogP contribution in [0.25, 0.3) is 5.78 Å². The molecule has 0 radical (unpaired) electrons. The Bertz CT molecular complexity index is 778. The molecule has 0 aliphatic heterocycles. The number of nitrogens with one attached hydrogen (secondary N) is 1. The van der Waals surface area contributed by atoms with Gasteiger partial charge in [-0.1, -0.05) is 25.6 Å². The average Bonchev–Trinajstić information content (AvgIpc) is 2.87. The third-order valence-electron chi connectivity index (χ3n) is 3.78. The zero-order valence-electron chi connectivity index (χ0n) is 13.9. The third kappa shape index (κ3) is 3.62. The highest BCUT2D eigenvalue weighted by Crippen LogP contribution is 2.20. The average molecular weight is 332 g/mol. The van der Waals surface area contributed by atoms with Crippen molar-refractivity contribution in [1.29, 1.82) is 5.26 Å². The first-order valence-corrected chi connectivity index (χ1v) is 8.30. The Kier molecular flexibility index (Phi) is 4.90. The molecule has 0 aliphatic carbocycles. The van der Waals surface area contributed by atoms with Gasteiger partial charge in [0.2, 0.25) is 5.91 Å². The Hall–Kier alpha value is -2.14. The molecule has 2 aromatic heterocycles. The third-order valence-corrected chi connectivity index (χ3v) is 4.71. The number of hydrogen-bond acceptors (Lipinski definition) is 6. The Labute approximate surface area is 139 Å². The first-order valence-electron chi connectivity index (χ1n) is 7.31. The van der Waals surface area contributed by atoms with Crippen LogP contribution in [0.2, 0.25) is 0 Å². The van der Waals surface area contributed by atoms with E-state index in [4.69, 9.17) is 0 Å². The van der Waals surface area contributed by atoms with Gasteiger partial charge in [0.1, 0.15) is 5.54 Å². The molecule has 2 rings (SSSR count). The van der Waals surface area contributed by atoms with Crippen LogP contribution in [0.5, 0.6) is 0 Å². The normalized spacial score (nSPS) is 13.8. The van der Waals surface area contributed by atoms with Crippen LogP contribution < -0.4 is 5.32 Å². The lowest BCUT2D eigenvalue weighted by molar-refractivity contribution is -0.120. The molecule has 1 N–H and O–H groups in total. The maximum Gasteiger partial charge on any atom is 0.256 e. The quantitative estimate of drug-likeness (QED) is 0.840. The van der Waals surface area contributed by atoms with Crippen LogP contribution in [0.1, 0.15) is 32.2 Å². The van der Waals surface area contributed by atoms with Gasteiger partial charge in [-0.05, 0) is 32.8 Å². The lowest BCUT2D eigenvalue weighted by atomic mass is 9.90. The van der Waals surface area contributed by atoms with E-state index in [1.54, 1.807) is 6.92 Å². The van der Waals surface area contributed by atoms with Gasteiger partial charge in [0, 0.05) is 11.4 Å². The van der Waals surface area contributed by atoms with Crippen LogP contribution in [0.15, 0.2) is 11.2 Å². The van der Waals surface area contributed by atoms with Gasteiger partial charge in [-0.25, -0.2) is 4.98 Å². The minimum absolute atomic E-state index is 0.0183. The highest BCUT2D eigenvalue weighted by Gasteiger charge is 2.30. The van der Waals surface area contributed by atoms with Crippen LogP contribution in [-0.4, -0.2) is 36.8 Å². The Morgan fingerprint density at radius 2 is 2.17 bits per heavy atom.